The highest BCUT2D eigenvalue weighted by atomic mass is 16.7. The lowest BCUT2D eigenvalue weighted by Crippen LogP contribution is -2.54. The summed E-state index contributed by atoms with van der Waals surface area (Å²) < 4.78 is 87.0. The third-order valence-corrected chi connectivity index (χ3v) is 19.3. The third kappa shape index (κ3) is 22.4. The number of anilines is 2. The van der Waals surface area contributed by atoms with E-state index in [2.05, 4.69) is 28.6 Å². The van der Waals surface area contributed by atoms with Gasteiger partial charge in [-0.15, -0.1) is 0 Å². The average molecular weight is 1540 g/mol. The summed E-state index contributed by atoms with van der Waals surface area (Å²) in [7, 11) is 2.91. The molecular weight excluding hydrogens is 1440 g/mol. The molecule has 1 aliphatic carbocycles. The topological polar surface area (TPSA) is 428 Å². The molecule has 5 aliphatic heterocycles. The number of hydrogen-bond donors (Lipinski definition) is 9. The minimum Gasteiger partial charge on any atom is -0.493 e. The number of nitrogens with zero attached hydrogens (tertiary/aromatic N) is 2. The van der Waals surface area contributed by atoms with Crippen molar-refractivity contribution in [1.29, 1.82) is 0 Å². The van der Waals surface area contributed by atoms with Crippen molar-refractivity contribution in [2.45, 2.75) is 164 Å². The lowest BCUT2D eigenvalue weighted by molar-refractivity contribution is -0.242. The SMILES string of the molecule is C=C1C[C@@H](C2OCCO2)N(C(=O)c2cc(C)c(OCCCCCOc3cc(NC(=O)OCc4ccc(O[C@@H]5OC[C@@H](O)[C@H](O)[C@H]5O)c(C(=O)CCCOC)c4)c(C(=O)N4CC(=C)C[C@H]4C4OCCO4)cc3OC)cc2NC(=O)OCc2ccc(O[C@@H]3CC[C@@H](O)[C@H](O)[C@H]3O)c(C(=O)CCCOCCOCCON)c2)C1. The van der Waals surface area contributed by atoms with E-state index >= 15 is 0 Å². The highest BCUT2D eigenvalue weighted by Crippen LogP contribution is 2.40. The zero-order chi connectivity index (χ0) is 78.4. The molecule has 0 bridgehead atoms. The molecule has 0 radical (unpaired) electrons. The number of unbranched alkanes of at least 4 members (excludes halogenated alkanes) is 2. The Morgan fingerprint density at radius 1 is 0.518 bits per heavy atom. The first kappa shape index (κ1) is 84.0. The van der Waals surface area contributed by atoms with E-state index in [1.54, 1.807) is 34.9 Å². The zero-order valence-corrected chi connectivity index (χ0v) is 62.1. The summed E-state index contributed by atoms with van der Waals surface area (Å²) in [4.78, 5) is 92.8. The second-order valence-electron chi connectivity index (χ2n) is 27.5. The minimum absolute atomic E-state index is 0.00317. The lowest BCUT2D eigenvalue weighted by atomic mass is 9.89. The van der Waals surface area contributed by atoms with Crippen molar-refractivity contribution in [3.63, 3.8) is 0 Å². The van der Waals surface area contributed by atoms with Gasteiger partial charge in [-0.25, -0.2) is 15.5 Å². The first-order chi connectivity index (χ1) is 53.1. The number of aliphatic hydroxyl groups is 6. The van der Waals surface area contributed by atoms with Crippen LogP contribution in [0, 0.1) is 6.92 Å². The van der Waals surface area contributed by atoms with Crippen molar-refractivity contribution in [1.82, 2.24) is 9.80 Å². The van der Waals surface area contributed by atoms with Crippen molar-refractivity contribution in [2.75, 3.05) is 124 Å². The Morgan fingerprint density at radius 3 is 1.58 bits per heavy atom. The number of carbonyl (C=O) groups is 6. The molecule has 4 aromatic rings. The van der Waals surface area contributed by atoms with Gasteiger partial charge in [0.25, 0.3) is 11.8 Å². The number of nitrogens with one attached hydrogen (secondary N) is 2. The molecular formula is C77H101N5O28. The van der Waals surface area contributed by atoms with Gasteiger partial charge in [0.05, 0.1) is 132 Å². The summed E-state index contributed by atoms with van der Waals surface area (Å²) in [6.45, 7) is 12.6. The predicted molar refractivity (Wildman–Crippen MR) is 389 cm³/mol. The van der Waals surface area contributed by atoms with E-state index < -0.39 is 97.7 Å². The van der Waals surface area contributed by atoms with Crippen LogP contribution < -0.4 is 40.2 Å². The Bertz CT molecular complexity index is 3810. The maximum absolute atomic E-state index is 14.8. The first-order valence-electron chi connectivity index (χ1n) is 36.9. The molecule has 10 rings (SSSR count). The Kier molecular flexibility index (Phi) is 31.4. The van der Waals surface area contributed by atoms with Crippen LogP contribution >= 0.6 is 0 Å². The van der Waals surface area contributed by atoms with Crippen LogP contribution in [0.15, 0.2) is 85.0 Å². The average Bonchev–Trinajstić information content (AvgIpc) is 1.51. The van der Waals surface area contributed by atoms with Crippen molar-refractivity contribution < 1.29 is 135 Å². The highest BCUT2D eigenvalue weighted by Gasteiger charge is 2.44. The lowest BCUT2D eigenvalue weighted by Gasteiger charge is -2.35. The van der Waals surface area contributed by atoms with Gasteiger partial charge in [-0.05, 0) is 118 Å². The Morgan fingerprint density at radius 2 is 1.03 bits per heavy atom. The van der Waals surface area contributed by atoms with Crippen LogP contribution in [0.2, 0.25) is 0 Å². The maximum Gasteiger partial charge on any atom is 0.411 e. The molecule has 6 aliphatic rings. The molecule has 0 spiro atoms. The van der Waals surface area contributed by atoms with Crippen molar-refractivity contribution in [2.24, 2.45) is 5.90 Å². The summed E-state index contributed by atoms with van der Waals surface area (Å²) in [6.07, 6.45) is -11.0. The molecule has 4 amide bonds. The second-order valence-corrected chi connectivity index (χ2v) is 27.5. The second kappa shape index (κ2) is 41.2. The standard InChI is InChI=1S/C77H101N5O28/c1-44-31-55(73-101-26-27-102-73)81(39-44)71(91)49-33-46(3)64(37-53(49)79-76(93)106-41-47-13-16-61(109-63-18-15-59(85)67(87)69(63)89)51(34-47)58(84)12-10-20-97-23-24-98-25-30-108-78)99-21-7-6-8-22-100-66-38-54(50(36-65(66)96-5)72(92)82-40-45(2)32-56(82)74-103-28-29-104-74)80-77(94)107-42-48-14-17-62(52(35-48)57(83)11-9-19-95-4)110-75-70(90)68(88)60(86)43-105-75/h13-14,16-17,33-38,55-56,59-60,63,67-70,73-75,85-90H,1-2,6-12,15,18-32,39-43,78H2,3-5H3,(H,79,93)(H,80,94)/t55-,56-,59+,60+,63+,67-,68-,69-,70+,75-/m0/s1. The van der Waals surface area contributed by atoms with Crippen LogP contribution in [0.3, 0.4) is 0 Å². The van der Waals surface area contributed by atoms with Gasteiger partial charge >= 0.3 is 12.2 Å². The number of nitrogens with two attached hydrogens (primary N) is 1. The number of Topliss-reactive ketones (excluding diaryl/α,β-unsaturated/α-hetero) is 2. The monoisotopic (exact) mass is 1540 g/mol. The van der Waals surface area contributed by atoms with Crippen LogP contribution in [-0.4, -0.2) is 263 Å². The molecule has 0 aromatic heterocycles. The van der Waals surface area contributed by atoms with E-state index in [1.165, 1.54) is 56.7 Å². The fraction of sp³-hybridized carbons (Fsp3) is 0.558. The molecule has 1 saturated carbocycles. The molecule has 5 saturated heterocycles. The zero-order valence-electron chi connectivity index (χ0n) is 62.1. The first-order valence-corrected chi connectivity index (χ1v) is 36.9. The Balaban J connectivity index is 0.806. The summed E-state index contributed by atoms with van der Waals surface area (Å²) in [5.74, 6) is 4.17. The van der Waals surface area contributed by atoms with E-state index in [-0.39, 0.29) is 180 Å². The normalized spacial score (nSPS) is 23.0. The summed E-state index contributed by atoms with van der Waals surface area (Å²) in [5.41, 5.74) is 3.23. The van der Waals surface area contributed by atoms with Gasteiger partial charge in [0.15, 0.2) is 35.6 Å². The summed E-state index contributed by atoms with van der Waals surface area (Å²) in [5, 5.41) is 67.9. The number of benzene rings is 4. The molecule has 10 N–H and O–H groups in total. The van der Waals surface area contributed by atoms with Crippen LogP contribution in [0.5, 0.6) is 28.7 Å². The number of carbonyl (C=O) groups excluding carboxylic acids is 6. The maximum atomic E-state index is 14.8. The molecule has 10 atom stereocenters. The number of ketones is 2. The van der Waals surface area contributed by atoms with Gasteiger partial charge in [0.2, 0.25) is 6.29 Å². The van der Waals surface area contributed by atoms with Gasteiger partial charge in [-0.2, -0.15) is 0 Å². The molecule has 33 nitrogen and oxygen atoms in total. The molecule has 602 valence electrons. The molecule has 4 aromatic carbocycles. The number of methoxy groups -OCH3 is 2. The largest absolute Gasteiger partial charge is 0.493 e. The number of rotatable bonds is 39. The number of hydrogen-bond acceptors (Lipinski definition) is 29. The van der Waals surface area contributed by atoms with E-state index in [1.807, 2.05) is 0 Å². The van der Waals surface area contributed by atoms with Gasteiger partial charge in [-0.3, -0.25) is 29.8 Å². The van der Waals surface area contributed by atoms with Crippen LogP contribution in [-0.2, 0) is 65.4 Å². The number of aliphatic hydroxyl groups excluding tert-OH is 6. The number of amides is 4. The minimum atomic E-state index is -1.65. The predicted octanol–water partition coefficient (Wildman–Crippen LogP) is 5.35. The van der Waals surface area contributed by atoms with E-state index in [0.29, 0.717) is 93.8 Å². The van der Waals surface area contributed by atoms with Gasteiger partial charge < -0.3 is 116 Å². The molecule has 33 heteroatoms. The van der Waals surface area contributed by atoms with Crippen LogP contribution in [0.4, 0.5) is 21.0 Å². The number of likely N-dealkylation sites (tertiary alicyclic amines) is 2. The van der Waals surface area contributed by atoms with Crippen LogP contribution in [0.1, 0.15) is 129 Å². The molecule has 110 heavy (non-hydrogen) atoms. The quantitative estimate of drug-likeness (QED) is 0.0118. The van der Waals surface area contributed by atoms with Crippen LogP contribution in [0.25, 0.3) is 0 Å². The number of aryl methyl sites for hydroxylation is 1. The Labute approximate surface area is 636 Å². The van der Waals surface area contributed by atoms with Gasteiger partial charge in [0, 0.05) is 58.4 Å². The molecule has 0 unspecified atom stereocenters. The number of ether oxygens (including phenoxy) is 15. The van der Waals surface area contributed by atoms with E-state index in [9.17, 15) is 59.4 Å². The van der Waals surface area contributed by atoms with Gasteiger partial charge in [-0.1, -0.05) is 36.4 Å². The fourth-order valence-corrected chi connectivity index (χ4v) is 13.5. The molecule has 5 heterocycles. The van der Waals surface area contributed by atoms with Crippen molar-refractivity contribution in [3.8, 4) is 28.7 Å². The summed E-state index contributed by atoms with van der Waals surface area (Å²) >= 11 is 0. The van der Waals surface area contributed by atoms with E-state index in [4.69, 9.17) is 76.9 Å². The Hall–Kier alpha value is -8.46. The fourth-order valence-electron chi connectivity index (χ4n) is 13.5. The smallest absolute Gasteiger partial charge is 0.411 e. The van der Waals surface area contributed by atoms with E-state index in [0.717, 1.165) is 11.1 Å². The highest BCUT2D eigenvalue weighted by molar-refractivity contribution is 6.05. The summed E-state index contributed by atoms with van der Waals surface area (Å²) in [6, 6.07) is 14.0. The third-order valence-electron chi connectivity index (χ3n) is 19.3. The van der Waals surface area contributed by atoms with Crippen molar-refractivity contribution >= 4 is 46.9 Å². The molecule has 6 fully saturated rings. The van der Waals surface area contributed by atoms with Gasteiger partial charge in [0.1, 0.15) is 67.1 Å². The van der Waals surface area contributed by atoms with Crippen molar-refractivity contribution in [3.05, 3.63) is 124 Å².